The highest BCUT2D eigenvalue weighted by atomic mass is 79.9. The number of carbonyl (C=O) groups excluding carboxylic acids is 1. The Bertz CT molecular complexity index is 407. The molecule has 1 aromatic rings. The summed E-state index contributed by atoms with van der Waals surface area (Å²) in [6.45, 7) is 2.94. The van der Waals surface area contributed by atoms with Gasteiger partial charge in [-0.05, 0) is 40.5 Å². The molecule has 0 heterocycles. The Balaban J connectivity index is 2.26. The number of carbonyl (C=O) groups is 1. The van der Waals surface area contributed by atoms with E-state index in [0.717, 1.165) is 17.4 Å². The third-order valence-electron chi connectivity index (χ3n) is 3.05. The van der Waals surface area contributed by atoms with Crippen molar-refractivity contribution in [2.45, 2.75) is 45.4 Å². The number of amides is 1. The number of nitrogens with two attached hydrogens (primary N) is 1. The quantitative estimate of drug-likeness (QED) is 0.557. The average Bonchev–Trinajstić information content (AvgIpc) is 2.40. The molecule has 0 aliphatic rings. The van der Waals surface area contributed by atoms with Crippen LogP contribution in [0.2, 0.25) is 0 Å². The van der Waals surface area contributed by atoms with E-state index < -0.39 is 0 Å². The molecule has 0 atom stereocenters. The van der Waals surface area contributed by atoms with E-state index in [1.54, 1.807) is 18.2 Å². The summed E-state index contributed by atoms with van der Waals surface area (Å²) in [5, 5.41) is 2.93. The zero-order chi connectivity index (χ0) is 14.1. The molecule has 0 radical (unpaired) electrons. The largest absolute Gasteiger partial charge is 0.399 e. The Labute approximate surface area is 124 Å². The molecule has 4 heteroatoms. The predicted octanol–water partition coefficient (Wildman–Crippen LogP) is 4.12. The zero-order valence-electron chi connectivity index (χ0n) is 11.5. The Morgan fingerprint density at radius 3 is 2.63 bits per heavy atom. The molecule has 1 rings (SSSR count). The number of rotatable bonds is 8. The van der Waals surface area contributed by atoms with Gasteiger partial charge in [0.2, 0.25) is 0 Å². The van der Waals surface area contributed by atoms with Crippen LogP contribution >= 0.6 is 15.9 Å². The second kappa shape index (κ2) is 8.97. The molecule has 0 unspecified atom stereocenters. The van der Waals surface area contributed by atoms with Crippen LogP contribution < -0.4 is 11.1 Å². The van der Waals surface area contributed by atoms with Crippen LogP contribution in [0.3, 0.4) is 0 Å². The predicted molar refractivity (Wildman–Crippen MR) is 84.3 cm³/mol. The first-order valence-electron chi connectivity index (χ1n) is 6.98. The second-order valence-electron chi connectivity index (χ2n) is 4.76. The molecule has 3 N–H and O–H groups in total. The van der Waals surface area contributed by atoms with Gasteiger partial charge in [0.25, 0.3) is 5.91 Å². The van der Waals surface area contributed by atoms with Crippen LogP contribution in [-0.4, -0.2) is 12.5 Å². The van der Waals surface area contributed by atoms with Gasteiger partial charge in [-0.25, -0.2) is 0 Å². The van der Waals surface area contributed by atoms with Gasteiger partial charge in [-0.2, -0.15) is 0 Å². The van der Waals surface area contributed by atoms with E-state index >= 15 is 0 Å². The Kier molecular flexibility index (Phi) is 7.56. The molecule has 1 aromatic carbocycles. The zero-order valence-corrected chi connectivity index (χ0v) is 13.1. The Morgan fingerprint density at radius 1 is 1.21 bits per heavy atom. The van der Waals surface area contributed by atoms with Gasteiger partial charge in [0, 0.05) is 16.7 Å². The smallest absolute Gasteiger partial charge is 0.252 e. The molecule has 3 nitrogen and oxygen atoms in total. The summed E-state index contributed by atoms with van der Waals surface area (Å²) in [4.78, 5) is 12.0. The van der Waals surface area contributed by atoms with Crippen LogP contribution in [0.25, 0.3) is 0 Å². The van der Waals surface area contributed by atoms with Crippen molar-refractivity contribution >= 4 is 27.5 Å². The third-order valence-corrected chi connectivity index (χ3v) is 3.74. The van der Waals surface area contributed by atoms with E-state index in [0.29, 0.717) is 11.3 Å². The van der Waals surface area contributed by atoms with E-state index in [2.05, 4.69) is 28.2 Å². The van der Waals surface area contributed by atoms with Crippen LogP contribution in [0.4, 0.5) is 5.69 Å². The molecule has 0 saturated heterocycles. The third kappa shape index (κ3) is 6.10. The van der Waals surface area contributed by atoms with E-state index in [4.69, 9.17) is 5.73 Å². The number of hydrogen-bond acceptors (Lipinski definition) is 2. The molecule has 0 aromatic heterocycles. The topological polar surface area (TPSA) is 55.1 Å². The normalized spacial score (nSPS) is 10.4. The monoisotopic (exact) mass is 326 g/mol. The van der Waals surface area contributed by atoms with Crippen LogP contribution in [0.5, 0.6) is 0 Å². The number of nitrogens with one attached hydrogen (secondary N) is 1. The van der Waals surface area contributed by atoms with Crippen molar-refractivity contribution in [2.24, 2.45) is 0 Å². The molecule has 106 valence electrons. The molecular weight excluding hydrogens is 304 g/mol. The van der Waals surface area contributed by atoms with Crippen LogP contribution in [0.1, 0.15) is 55.8 Å². The molecule has 0 aliphatic heterocycles. The first-order valence-corrected chi connectivity index (χ1v) is 7.77. The highest BCUT2D eigenvalue weighted by Crippen LogP contribution is 2.19. The van der Waals surface area contributed by atoms with Crippen LogP contribution in [0, 0.1) is 0 Å². The fourth-order valence-corrected chi connectivity index (χ4v) is 2.35. The van der Waals surface area contributed by atoms with Crippen LogP contribution in [-0.2, 0) is 0 Å². The van der Waals surface area contributed by atoms with Gasteiger partial charge >= 0.3 is 0 Å². The molecule has 19 heavy (non-hydrogen) atoms. The molecule has 0 saturated carbocycles. The highest BCUT2D eigenvalue weighted by Gasteiger charge is 2.09. The number of halogens is 1. The average molecular weight is 327 g/mol. The maximum absolute atomic E-state index is 12.0. The second-order valence-corrected chi connectivity index (χ2v) is 5.62. The molecule has 0 spiro atoms. The first kappa shape index (κ1) is 16.0. The molecular formula is C15H23BrN2O. The van der Waals surface area contributed by atoms with Crippen molar-refractivity contribution in [3.8, 4) is 0 Å². The van der Waals surface area contributed by atoms with E-state index in [-0.39, 0.29) is 5.91 Å². The summed E-state index contributed by atoms with van der Waals surface area (Å²) in [7, 11) is 0. The van der Waals surface area contributed by atoms with Crippen molar-refractivity contribution in [2.75, 3.05) is 12.3 Å². The number of anilines is 1. The molecule has 0 aliphatic carbocycles. The lowest BCUT2D eigenvalue weighted by Gasteiger charge is -2.07. The maximum atomic E-state index is 12.0. The van der Waals surface area contributed by atoms with E-state index in [1.807, 2.05) is 0 Å². The minimum atomic E-state index is -0.0623. The van der Waals surface area contributed by atoms with Crippen molar-refractivity contribution in [3.05, 3.63) is 28.2 Å². The van der Waals surface area contributed by atoms with Crippen LogP contribution in [0.15, 0.2) is 22.7 Å². The number of unbranched alkanes of at least 4 members (excludes halogenated alkanes) is 5. The van der Waals surface area contributed by atoms with Gasteiger partial charge in [-0.3, -0.25) is 4.79 Å². The number of nitrogen functional groups attached to an aromatic ring is 1. The summed E-state index contributed by atoms with van der Waals surface area (Å²) < 4.78 is 0.780. The van der Waals surface area contributed by atoms with Crippen molar-refractivity contribution in [1.82, 2.24) is 5.32 Å². The lowest BCUT2D eigenvalue weighted by Crippen LogP contribution is -2.24. The maximum Gasteiger partial charge on any atom is 0.252 e. The fraction of sp³-hybridized carbons (Fsp3) is 0.533. The molecule has 1 amide bonds. The summed E-state index contributed by atoms with van der Waals surface area (Å²) in [6.07, 6.45) is 7.34. The summed E-state index contributed by atoms with van der Waals surface area (Å²) in [5.41, 5.74) is 6.89. The fourth-order valence-electron chi connectivity index (χ4n) is 1.92. The minimum Gasteiger partial charge on any atom is -0.399 e. The lowest BCUT2D eigenvalue weighted by molar-refractivity contribution is 0.0952. The SMILES string of the molecule is CCCCCCCCNC(=O)c1cc(N)ccc1Br. The van der Waals surface area contributed by atoms with Crippen molar-refractivity contribution in [1.29, 1.82) is 0 Å². The number of benzene rings is 1. The summed E-state index contributed by atoms with van der Waals surface area (Å²) in [6, 6.07) is 5.27. The molecule has 0 bridgehead atoms. The van der Waals surface area contributed by atoms with Gasteiger partial charge in [-0.1, -0.05) is 39.0 Å². The lowest BCUT2D eigenvalue weighted by atomic mass is 10.1. The van der Waals surface area contributed by atoms with E-state index in [1.165, 1.54) is 32.1 Å². The number of hydrogen-bond donors (Lipinski definition) is 2. The Hall–Kier alpha value is -1.03. The minimum absolute atomic E-state index is 0.0623. The highest BCUT2D eigenvalue weighted by molar-refractivity contribution is 9.10. The summed E-state index contributed by atoms with van der Waals surface area (Å²) in [5.74, 6) is -0.0623. The standard InChI is InChI=1S/C15H23BrN2O/c1-2-3-4-5-6-7-10-18-15(19)13-11-12(17)8-9-14(13)16/h8-9,11H,2-7,10,17H2,1H3,(H,18,19). The van der Waals surface area contributed by atoms with Gasteiger partial charge in [0.1, 0.15) is 0 Å². The summed E-state index contributed by atoms with van der Waals surface area (Å²) >= 11 is 3.37. The first-order chi connectivity index (χ1) is 9.15. The van der Waals surface area contributed by atoms with Gasteiger partial charge in [-0.15, -0.1) is 0 Å². The van der Waals surface area contributed by atoms with Gasteiger partial charge in [0.05, 0.1) is 5.56 Å². The van der Waals surface area contributed by atoms with Gasteiger partial charge < -0.3 is 11.1 Å². The molecule has 0 fully saturated rings. The Morgan fingerprint density at radius 2 is 1.89 bits per heavy atom. The van der Waals surface area contributed by atoms with E-state index in [9.17, 15) is 4.79 Å². The van der Waals surface area contributed by atoms with Crippen molar-refractivity contribution < 1.29 is 4.79 Å². The van der Waals surface area contributed by atoms with Crippen molar-refractivity contribution in [3.63, 3.8) is 0 Å². The van der Waals surface area contributed by atoms with Gasteiger partial charge in [0.15, 0.2) is 0 Å².